The van der Waals surface area contributed by atoms with E-state index in [0.29, 0.717) is 22.5 Å². The van der Waals surface area contributed by atoms with Gasteiger partial charge in [-0.1, -0.05) is 30.3 Å². The Bertz CT molecular complexity index is 1600. The average molecular weight is 469 g/mol. The minimum atomic E-state index is -4.74. The Kier molecular flexibility index (Phi) is 4.85. The Morgan fingerprint density at radius 2 is 1.85 bits per heavy atom. The molecule has 3 heterocycles. The molecule has 0 aliphatic rings. The van der Waals surface area contributed by atoms with E-state index in [4.69, 9.17) is 9.15 Å². The molecule has 0 aliphatic carbocycles. The molecule has 174 valence electrons. The predicted molar refractivity (Wildman–Crippen MR) is 120 cm³/mol. The molecule has 34 heavy (non-hydrogen) atoms. The van der Waals surface area contributed by atoms with Gasteiger partial charge in [-0.15, -0.1) is 0 Å². The van der Waals surface area contributed by atoms with Crippen LogP contribution in [0.15, 0.2) is 51.7 Å². The van der Waals surface area contributed by atoms with Gasteiger partial charge in [-0.25, -0.2) is 9.97 Å². The number of alkyl halides is 3. The molecule has 0 bridgehead atoms. The van der Waals surface area contributed by atoms with Crippen molar-refractivity contribution in [2.45, 2.75) is 13.1 Å². The Balaban J connectivity index is 1.81. The number of aromatic amines is 1. The molecular weight excluding hydrogens is 451 g/mol. The van der Waals surface area contributed by atoms with Crippen LogP contribution in [0.5, 0.6) is 5.75 Å². The molecule has 0 atom stereocenters. The van der Waals surface area contributed by atoms with Crippen LogP contribution in [-0.4, -0.2) is 33.7 Å². The number of hydrogen-bond acceptors (Lipinski definition) is 6. The number of hydrogen-bond donors (Lipinski definition) is 2. The van der Waals surface area contributed by atoms with E-state index in [1.165, 1.54) is 26.2 Å². The van der Waals surface area contributed by atoms with Gasteiger partial charge in [0.2, 0.25) is 5.89 Å². The van der Waals surface area contributed by atoms with Crippen LogP contribution < -0.4 is 15.6 Å². The molecule has 2 N–H and O–H groups in total. The van der Waals surface area contributed by atoms with Gasteiger partial charge in [0.05, 0.1) is 18.4 Å². The van der Waals surface area contributed by atoms with Crippen molar-refractivity contribution in [1.29, 1.82) is 0 Å². The highest BCUT2D eigenvalue weighted by Crippen LogP contribution is 2.39. The zero-order valence-corrected chi connectivity index (χ0v) is 18.2. The lowest BCUT2D eigenvalue weighted by atomic mass is 10.1. The minimum absolute atomic E-state index is 0.0589. The summed E-state index contributed by atoms with van der Waals surface area (Å²) < 4.78 is 53.6. The van der Waals surface area contributed by atoms with E-state index in [9.17, 15) is 18.0 Å². The zero-order valence-electron chi connectivity index (χ0n) is 18.2. The largest absolute Gasteiger partial charge is 0.494 e. The highest BCUT2D eigenvalue weighted by molar-refractivity contribution is 5.86. The van der Waals surface area contributed by atoms with Gasteiger partial charge in [0.25, 0.3) is 5.56 Å². The quantitative estimate of drug-likeness (QED) is 0.390. The summed E-state index contributed by atoms with van der Waals surface area (Å²) in [6.45, 7) is 1.52. The molecular formula is C23H18F3N5O3. The summed E-state index contributed by atoms with van der Waals surface area (Å²) in [5.41, 5.74) is -0.394. The van der Waals surface area contributed by atoms with Crippen LogP contribution >= 0.6 is 0 Å². The van der Waals surface area contributed by atoms with Crippen molar-refractivity contribution in [3.05, 3.63) is 64.2 Å². The summed E-state index contributed by atoms with van der Waals surface area (Å²) in [6, 6.07) is 11.4. The molecule has 5 rings (SSSR count). The molecule has 0 spiro atoms. The molecule has 5 aromatic rings. The molecule has 0 fully saturated rings. The lowest BCUT2D eigenvalue weighted by Crippen LogP contribution is -2.19. The first-order valence-electron chi connectivity index (χ1n) is 10.2. The molecule has 0 amide bonds. The van der Waals surface area contributed by atoms with E-state index in [-0.39, 0.29) is 33.9 Å². The molecule has 0 unspecified atom stereocenters. The summed E-state index contributed by atoms with van der Waals surface area (Å²) in [7, 11) is 3.19. The number of rotatable bonds is 4. The third kappa shape index (κ3) is 3.28. The van der Waals surface area contributed by atoms with Crippen LogP contribution in [0, 0.1) is 6.92 Å². The van der Waals surface area contributed by atoms with Crippen molar-refractivity contribution >= 4 is 22.4 Å². The van der Waals surface area contributed by atoms with E-state index in [1.54, 1.807) is 37.4 Å². The fourth-order valence-corrected chi connectivity index (χ4v) is 3.91. The number of anilines is 1. The molecule has 11 heteroatoms. The summed E-state index contributed by atoms with van der Waals surface area (Å²) in [5.74, 6) is 0.338. The maximum atomic E-state index is 13.9. The van der Waals surface area contributed by atoms with Crippen molar-refractivity contribution in [2.75, 3.05) is 19.5 Å². The van der Waals surface area contributed by atoms with E-state index in [0.717, 1.165) is 4.52 Å². The van der Waals surface area contributed by atoms with E-state index >= 15 is 0 Å². The topological polar surface area (TPSA) is 97.5 Å². The number of oxazole rings is 1. The average Bonchev–Trinajstić information content (AvgIpc) is 3.40. The van der Waals surface area contributed by atoms with Crippen LogP contribution in [0.25, 0.3) is 39.3 Å². The van der Waals surface area contributed by atoms with Gasteiger partial charge in [-0.2, -0.15) is 17.7 Å². The molecule has 0 aliphatic heterocycles. The van der Waals surface area contributed by atoms with Crippen molar-refractivity contribution in [3.63, 3.8) is 0 Å². The van der Waals surface area contributed by atoms with Gasteiger partial charge in [0.1, 0.15) is 11.3 Å². The lowest BCUT2D eigenvalue weighted by Gasteiger charge is -2.07. The van der Waals surface area contributed by atoms with Crippen LogP contribution in [-0.2, 0) is 6.18 Å². The third-order valence-corrected chi connectivity index (χ3v) is 5.49. The number of nitrogens with zero attached hydrogens (tertiary/aromatic N) is 3. The Morgan fingerprint density at radius 1 is 1.12 bits per heavy atom. The normalized spacial score (nSPS) is 11.9. The first kappa shape index (κ1) is 21.6. The number of H-pyrrole nitrogens is 1. The van der Waals surface area contributed by atoms with Gasteiger partial charge < -0.3 is 14.5 Å². The lowest BCUT2D eigenvalue weighted by molar-refractivity contribution is -0.140. The monoisotopic (exact) mass is 469 g/mol. The summed E-state index contributed by atoms with van der Waals surface area (Å²) >= 11 is 0. The number of halogens is 3. The Hall–Kier alpha value is -4.28. The molecule has 0 saturated carbocycles. The van der Waals surface area contributed by atoms with Gasteiger partial charge in [0, 0.05) is 24.9 Å². The van der Waals surface area contributed by atoms with Gasteiger partial charge in [-0.3, -0.25) is 9.89 Å². The number of fused-ring (bicyclic) bond motifs is 2. The first-order chi connectivity index (χ1) is 16.2. The smallest absolute Gasteiger partial charge is 0.433 e. The maximum absolute atomic E-state index is 13.9. The molecule has 2 aromatic carbocycles. The number of methoxy groups -OCH3 is 1. The molecule has 3 aromatic heterocycles. The second kappa shape index (κ2) is 7.65. The first-order valence-corrected chi connectivity index (χ1v) is 10.2. The van der Waals surface area contributed by atoms with Crippen LogP contribution in [0.1, 0.15) is 11.4 Å². The zero-order chi connectivity index (χ0) is 24.2. The van der Waals surface area contributed by atoms with Gasteiger partial charge in [0.15, 0.2) is 22.5 Å². The highest BCUT2D eigenvalue weighted by atomic mass is 19.4. The molecule has 8 nitrogen and oxygen atoms in total. The standard InChI is InChI=1S/C23H18F3N5O3/c1-11-16(21-29-18-14(33-3)9-13(27-2)10-15(18)34-21)22(32)31-20(28-11)17(12-7-5-4-6-8-12)19(30-31)23(24,25)26/h4-10,27,30H,1-3H3. The van der Waals surface area contributed by atoms with E-state index in [1.807, 2.05) is 0 Å². The van der Waals surface area contributed by atoms with Gasteiger partial charge in [-0.05, 0) is 12.5 Å². The van der Waals surface area contributed by atoms with Crippen molar-refractivity contribution in [1.82, 2.24) is 19.6 Å². The summed E-state index contributed by atoms with van der Waals surface area (Å²) in [4.78, 5) is 22.2. The maximum Gasteiger partial charge on any atom is 0.433 e. The van der Waals surface area contributed by atoms with Gasteiger partial charge >= 0.3 is 6.18 Å². The van der Waals surface area contributed by atoms with Crippen molar-refractivity contribution in [2.24, 2.45) is 0 Å². The minimum Gasteiger partial charge on any atom is -0.494 e. The number of aromatic nitrogens is 4. The second-order valence-electron chi connectivity index (χ2n) is 7.56. The summed E-state index contributed by atoms with van der Waals surface area (Å²) in [6.07, 6.45) is -4.74. The van der Waals surface area contributed by atoms with Crippen LogP contribution in [0.2, 0.25) is 0 Å². The SMILES string of the molecule is CNc1cc(OC)c2nc(-c3c(C)nc4c(-c5ccccc5)c(C(F)(F)F)[nH]n4c3=O)oc2c1. The second-order valence-corrected chi connectivity index (χ2v) is 7.56. The molecule has 0 radical (unpaired) electrons. The highest BCUT2D eigenvalue weighted by Gasteiger charge is 2.38. The number of nitrogens with one attached hydrogen (secondary N) is 2. The number of aryl methyl sites for hydroxylation is 1. The van der Waals surface area contributed by atoms with Crippen LogP contribution in [0.4, 0.5) is 18.9 Å². The Labute approximate surface area is 190 Å². The van der Waals surface area contributed by atoms with E-state index < -0.39 is 17.4 Å². The number of ether oxygens (including phenoxy) is 1. The van der Waals surface area contributed by atoms with Crippen molar-refractivity contribution in [3.8, 4) is 28.3 Å². The summed E-state index contributed by atoms with van der Waals surface area (Å²) in [5, 5.41) is 5.17. The fourth-order valence-electron chi connectivity index (χ4n) is 3.91. The van der Waals surface area contributed by atoms with Crippen molar-refractivity contribution < 1.29 is 22.3 Å². The predicted octanol–water partition coefficient (Wildman–Crippen LogP) is 4.88. The Morgan fingerprint density at radius 3 is 2.50 bits per heavy atom. The van der Waals surface area contributed by atoms with E-state index in [2.05, 4.69) is 20.4 Å². The third-order valence-electron chi connectivity index (χ3n) is 5.49. The van der Waals surface area contributed by atoms with Crippen LogP contribution in [0.3, 0.4) is 0 Å². The number of benzene rings is 2. The molecule has 0 saturated heterocycles. The fraction of sp³-hybridized carbons (Fsp3) is 0.174.